The van der Waals surface area contributed by atoms with Gasteiger partial charge in [-0.15, -0.1) is 0 Å². The lowest BCUT2D eigenvalue weighted by atomic mass is 9.85. The monoisotopic (exact) mass is 340 g/mol. The minimum atomic E-state index is -0.154. The molecule has 1 amide bonds. The van der Waals surface area contributed by atoms with Gasteiger partial charge in [0.15, 0.2) is 0 Å². The molecule has 5 heteroatoms. The molecule has 1 aromatic rings. The number of benzene rings is 1. The number of methoxy groups -OCH3 is 1. The lowest BCUT2D eigenvalue weighted by molar-refractivity contribution is -0.122. The number of halogens is 1. The van der Waals surface area contributed by atoms with Crippen LogP contribution in [-0.4, -0.2) is 19.1 Å². The SMILES string of the molecule is COc1ccc(Br)c(CNC2CCC(C(N)=O)CC2)c1. The number of carbonyl (C=O) groups is 1. The van der Waals surface area contributed by atoms with Gasteiger partial charge in [0.05, 0.1) is 7.11 Å². The predicted octanol–water partition coefficient (Wildman–Crippen LogP) is 2.59. The van der Waals surface area contributed by atoms with Crippen molar-refractivity contribution < 1.29 is 9.53 Å². The highest BCUT2D eigenvalue weighted by Gasteiger charge is 2.24. The van der Waals surface area contributed by atoms with E-state index in [-0.39, 0.29) is 11.8 Å². The third kappa shape index (κ3) is 3.96. The van der Waals surface area contributed by atoms with Crippen LogP contribution in [0.5, 0.6) is 5.75 Å². The lowest BCUT2D eigenvalue weighted by Crippen LogP contribution is -2.36. The Hall–Kier alpha value is -1.07. The van der Waals surface area contributed by atoms with E-state index >= 15 is 0 Å². The first-order chi connectivity index (χ1) is 9.60. The second-order valence-corrected chi connectivity index (χ2v) is 6.14. The topological polar surface area (TPSA) is 64.3 Å². The molecule has 110 valence electrons. The van der Waals surface area contributed by atoms with Gasteiger partial charge in [0.1, 0.15) is 5.75 Å². The van der Waals surface area contributed by atoms with Crippen LogP contribution in [0.3, 0.4) is 0 Å². The van der Waals surface area contributed by atoms with Crippen LogP contribution in [0.15, 0.2) is 22.7 Å². The smallest absolute Gasteiger partial charge is 0.220 e. The fraction of sp³-hybridized carbons (Fsp3) is 0.533. The second kappa shape index (κ2) is 7.09. The first kappa shape index (κ1) is 15.3. The highest BCUT2D eigenvalue weighted by molar-refractivity contribution is 9.10. The zero-order chi connectivity index (χ0) is 14.5. The third-order valence-corrected chi connectivity index (χ3v) is 4.74. The summed E-state index contributed by atoms with van der Waals surface area (Å²) in [6, 6.07) is 6.43. The van der Waals surface area contributed by atoms with Gasteiger partial charge in [0, 0.05) is 23.0 Å². The molecule has 0 heterocycles. The van der Waals surface area contributed by atoms with Gasteiger partial charge in [-0.3, -0.25) is 4.79 Å². The molecule has 1 aliphatic rings. The van der Waals surface area contributed by atoms with Crippen molar-refractivity contribution in [3.05, 3.63) is 28.2 Å². The van der Waals surface area contributed by atoms with E-state index in [1.54, 1.807) is 7.11 Å². The molecule has 0 unspecified atom stereocenters. The van der Waals surface area contributed by atoms with Gasteiger partial charge in [-0.25, -0.2) is 0 Å². The van der Waals surface area contributed by atoms with Crippen molar-refractivity contribution in [2.75, 3.05) is 7.11 Å². The number of hydrogen-bond donors (Lipinski definition) is 2. The molecule has 0 atom stereocenters. The van der Waals surface area contributed by atoms with Crippen LogP contribution in [-0.2, 0) is 11.3 Å². The van der Waals surface area contributed by atoms with Crippen molar-refractivity contribution in [1.82, 2.24) is 5.32 Å². The maximum atomic E-state index is 11.1. The summed E-state index contributed by atoms with van der Waals surface area (Å²) < 4.78 is 6.32. The van der Waals surface area contributed by atoms with E-state index in [4.69, 9.17) is 10.5 Å². The molecular formula is C15H21BrN2O2. The third-order valence-electron chi connectivity index (χ3n) is 3.96. The van der Waals surface area contributed by atoms with Crippen LogP contribution in [0.25, 0.3) is 0 Å². The maximum Gasteiger partial charge on any atom is 0.220 e. The van der Waals surface area contributed by atoms with Crippen molar-refractivity contribution in [3.63, 3.8) is 0 Å². The van der Waals surface area contributed by atoms with Crippen LogP contribution >= 0.6 is 15.9 Å². The number of ether oxygens (including phenoxy) is 1. The number of nitrogens with two attached hydrogens (primary N) is 1. The number of rotatable bonds is 5. The van der Waals surface area contributed by atoms with Gasteiger partial charge in [-0.2, -0.15) is 0 Å². The van der Waals surface area contributed by atoms with Crippen molar-refractivity contribution in [2.45, 2.75) is 38.3 Å². The zero-order valence-electron chi connectivity index (χ0n) is 11.7. The molecule has 0 aromatic heterocycles. The Balaban J connectivity index is 1.86. The summed E-state index contributed by atoms with van der Waals surface area (Å²) in [6.07, 6.45) is 3.81. The highest BCUT2D eigenvalue weighted by atomic mass is 79.9. The number of nitrogens with one attached hydrogen (secondary N) is 1. The Morgan fingerprint density at radius 2 is 2.10 bits per heavy atom. The molecule has 1 aromatic carbocycles. The molecule has 0 bridgehead atoms. The molecule has 1 saturated carbocycles. The van der Waals surface area contributed by atoms with Crippen LogP contribution in [0.4, 0.5) is 0 Å². The average molecular weight is 341 g/mol. The van der Waals surface area contributed by atoms with Crippen molar-refractivity contribution in [2.24, 2.45) is 11.7 Å². The first-order valence-corrected chi connectivity index (χ1v) is 7.74. The van der Waals surface area contributed by atoms with Gasteiger partial charge >= 0.3 is 0 Å². The molecule has 3 N–H and O–H groups in total. The van der Waals surface area contributed by atoms with E-state index in [0.29, 0.717) is 6.04 Å². The predicted molar refractivity (Wildman–Crippen MR) is 82.5 cm³/mol. The first-order valence-electron chi connectivity index (χ1n) is 6.95. The summed E-state index contributed by atoms with van der Waals surface area (Å²) in [5.41, 5.74) is 6.53. The van der Waals surface area contributed by atoms with Gasteiger partial charge in [0.25, 0.3) is 0 Å². The van der Waals surface area contributed by atoms with E-state index in [2.05, 4.69) is 21.2 Å². The van der Waals surface area contributed by atoms with E-state index in [1.807, 2.05) is 18.2 Å². The molecule has 20 heavy (non-hydrogen) atoms. The quantitative estimate of drug-likeness (QED) is 0.865. The van der Waals surface area contributed by atoms with E-state index in [0.717, 1.165) is 42.5 Å². The fourth-order valence-corrected chi connectivity index (χ4v) is 3.04. The van der Waals surface area contributed by atoms with E-state index in [9.17, 15) is 4.79 Å². The van der Waals surface area contributed by atoms with E-state index in [1.165, 1.54) is 5.56 Å². The molecule has 1 fully saturated rings. The largest absolute Gasteiger partial charge is 0.497 e. The standard InChI is InChI=1S/C15H21BrN2O2/c1-20-13-6-7-14(16)11(8-13)9-18-12-4-2-10(3-5-12)15(17)19/h6-8,10,12,18H,2-5,9H2,1H3,(H2,17,19). The number of primary amides is 1. The minimum absolute atomic E-state index is 0.0663. The summed E-state index contributed by atoms with van der Waals surface area (Å²) in [5, 5.41) is 3.55. The molecular weight excluding hydrogens is 320 g/mol. The van der Waals surface area contributed by atoms with Crippen molar-refractivity contribution in [3.8, 4) is 5.75 Å². The van der Waals surface area contributed by atoms with E-state index < -0.39 is 0 Å². The number of carbonyl (C=O) groups excluding carboxylic acids is 1. The van der Waals surface area contributed by atoms with Crippen LogP contribution in [0, 0.1) is 5.92 Å². The lowest BCUT2D eigenvalue weighted by Gasteiger charge is -2.27. The normalized spacial score (nSPS) is 22.5. The maximum absolute atomic E-state index is 11.1. The molecule has 4 nitrogen and oxygen atoms in total. The molecule has 0 aliphatic heterocycles. The van der Waals surface area contributed by atoms with Crippen LogP contribution in [0.1, 0.15) is 31.2 Å². The number of amides is 1. The van der Waals surface area contributed by atoms with Crippen LogP contribution in [0.2, 0.25) is 0 Å². The van der Waals surface area contributed by atoms with Crippen molar-refractivity contribution in [1.29, 1.82) is 0 Å². The summed E-state index contributed by atoms with van der Waals surface area (Å²) in [7, 11) is 1.67. The summed E-state index contributed by atoms with van der Waals surface area (Å²) >= 11 is 3.56. The van der Waals surface area contributed by atoms with Gasteiger partial charge in [0.2, 0.25) is 5.91 Å². The summed E-state index contributed by atoms with van der Waals surface area (Å²) in [4.78, 5) is 11.1. The second-order valence-electron chi connectivity index (χ2n) is 5.29. The Bertz CT molecular complexity index is 471. The van der Waals surface area contributed by atoms with Gasteiger partial charge < -0.3 is 15.8 Å². The molecule has 0 radical (unpaired) electrons. The zero-order valence-corrected chi connectivity index (χ0v) is 13.3. The van der Waals surface area contributed by atoms with Gasteiger partial charge in [-0.05, 0) is 49.4 Å². The van der Waals surface area contributed by atoms with Crippen LogP contribution < -0.4 is 15.8 Å². The number of hydrogen-bond acceptors (Lipinski definition) is 3. The highest BCUT2D eigenvalue weighted by Crippen LogP contribution is 2.26. The Morgan fingerprint density at radius 3 is 2.70 bits per heavy atom. The average Bonchev–Trinajstić information content (AvgIpc) is 2.47. The Labute approximate surface area is 128 Å². The molecule has 2 rings (SSSR count). The molecule has 0 spiro atoms. The minimum Gasteiger partial charge on any atom is -0.497 e. The Morgan fingerprint density at radius 1 is 1.40 bits per heavy atom. The summed E-state index contributed by atoms with van der Waals surface area (Å²) in [5.74, 6) is 0.776. The van der Waals surface area contributed by atoms with Crippen molar-refractivity contribution >= 4 is 21.8 Å². The molecule has 0 saturated heterocycles. The summed E-state index contributed by atoms with van der Waals surface area (Å²) in [6.45, 7) is 0.795. The fourth-order valence-electron chi connectivity index (χ4n) is 2.65. The Kier molecular flexibility index (Phi) is 5.43. The molecule has 1 aliphatic carbocycles. The van der Waals surface area contributed by atoms with Gasteiger partial charge in [-0.1, -0.05) is 15.9 Å².